The highest BCUT2D eigenvalue weighted by Gasteiger charge is 2.42. The van der Waals surface area contributed by atoms with E-state index in [-0.39, 0.29) is 5.82 Å². The molecule has 4 atom stereocenters. The molecule has 2 unspecified atom stereocenters. The number of hydrogen-bond donors (Lipinski definition) is 6. The van der Waals surface area contributed by atoms with Gasteiger partial charge in [0.1, 0.15) is 24.0 Å². The molecule has 0 saturated carbocycles. The lowest BCUT2D eigenvalue weighted by molar-refractivity contribution is -0.0153. The summed E-state index contributed by atoms with van der Waals surface area (Å²) in [5.74, 6) is 0.259. The zero-order valence-corrected chi connectivity index (χ0v) is 9.39. The smallest absolute Gasteiger partial charge is 0.158 e. The Morgan fingerprint density at radius 2 is 2.11 bits per heavy atom. The zero-order valence-electron chi connectivity index (χ0n) is 9.39. The lowest BCUT2D eigenvalue weighted by Crippen LogP contribution is -2.36. The average Bonchev–Trinajstić information content (AvgIpc) is 2.67. The molecular formula is C10H15N3O5. The van der Waals surface area contributed by atoms with Gasteiger partial charge in [0, 0.05) is 6.20 Å². The van der Waals surface area contributed by atoms with E-state index in [1.54, 1.807) is 12.1 Å². The molecule has 8 heteroatoms. The monoisotopic (exact) mass is 257 g/mol. The van der Waals surface area contributed by atoms with Crippen LogP contribution in [0.2, 0.25) is 0 Å². The number of rotatable bonds is 4. The number of aromatic nitrogens is 1. The minimum Gasteiger partial charge on any atom is -0.394 e. The number of nitrogens with one attached hydrogen (secondary N) is 2. The van der Waals surface area contributed by atoms with Crippen molar-refractivity contribution in [2.24, 2.45) is 0 Å². The second-order valence-corrected chi connectivity index (χ2v) is 3.91. The number of aliphatic hydroxyl groups is 3. The number of ether oxygens (including phenoxy) is 1. The molecule has 1 aromatic rings. The number of anilines is 2. The van der Waals surface area contributed by atoms with Crippen molar-refractivity contribution in [2.45, 2.75) is 24.5 Å². The Hall–Kier alpha value is -1.45. The van der Waals surface area contributed by atoms with Gasteiger partial charge in [0.2, 0.25) is 0 Å². The van der Waals surface area contributed by atoms with Gasteiger partial charge < -0.3 is 25.4 Å². The molecule has 1 aromatic heterocycles. The fraction of sp³-hybridized carbons (Fsp3) is 0.500. The predicted octanol–water partition coefficient (Wildman–Crippen LogP) is -1.27. The van der Waals surface area contributed by atoms with Crippen LogP contribution >= 0.6 is 0 Å². The molecular weight excluding hydrogens is 242 g/mol. The van der Waals surface area contributed by atoms with Gasteiger partial charge in [-0.05, 0) is 12.1 Å². The Labute approximate surface area is 103 Å². The van der Waals surface area contributed by atoms with Gasteiger partial charge >= 0.3 is 0 Å². The maximum Gasteiger partial charge on any atom is 0.158 e. The van der Waals surface area contributed by atoms with E-state index in [0.717, 1.165) is 0 Å². The van der Waals surface area contributed by atoms with Crippen LogP contribution in [-0.2, 0) is 4.74 Å². The van der Waals surface area contributed by atoms with Gasteiger partial charge in [0.15, 0.2) is 12.0 Å². The molecule has 1 aliphatic heterocycles. The molecule has 1 saturated heterocycles. The van der Waals surface area contributed by atoms with Crippen LogP contribution in [0.5, 0.6) is 0 Å². The van der Waals surface area contributed by atoms with E-state index in [1.165, 1.54) is 6.20 Å². The minimum absolute atomic E-state index is 0.259. The summed E-state index contributed by atoms with van der Waals surface area (Å²) in [6, 6.07) is 3.18. The highest BCUT2D eigenvalue weighted by Crippen LogP contribution is 2.25. The normalized spacial score (nSPS) is 31.3. The summed E-state index contributed by atoms with van der Waals surface area (Å²) in [7, 11) is 0. The molecule has 18 heavy (non-hydrogen) atoms. The van der Waals surface area contributed by atoms with E-state index < -0.39 is 31.1 Å². The van der Waals surface area contributed by atoms with Crippen LogP contribution in [0, 0.1) is 0 Å². The first-order valence-electron chi connectivity index (χ1n) is 5.41. The van der Waals surface area contributed by atoms with Crippen LogP contribution in [0.25, 0.3) is 0 Å². The van der Waals surface area contributed by atoms with Crippen molar-refractivity contribution in [3.05, 3.63) is 18.3 Å². The first kappa shape index (κ1) is 13.0. The molecule has 1 fully saturated rings. The van der Waals surface area contributed by atoms with Crippen LogP contribution in [0.15, 0.2) is 18.3 Å². The van der Waals surface area contributed by atoms with Crippen molar-refractivity contribution in [3.63, 3.8) is 0 Å². The molecule has 2 heterocycles. The van der Waals surface area contributed by atoms with Gasteiger partial charge in [-0.15, -0.1) is 0 Å². The fourth-order valence-electron chi connectivity index (χ4n) is 1.76. The quantitative estimate of drug-likeness (QED) is 0.369. The van der Waals surface area contributed by atoms with Crippen LogP contribution in [0.3, 0.4) is 0 Å². The number of nitrogens with zero attached hydrogens (tertiary/aromatic N) is 1. The van der Waals surface area contributed by atoms with E-state index in [2.05, 4.69) is 10.3 Å². The summed E-state index contributed by atoms with van der Waals surface area (Å²) in [4.78, 5) is 3.95. The van der Waals surface area contributed by atoms with Gasteiger partial charge in [0.25, 0.3) is 0 Å². The van der Waals surface area contributed by atoms with E-state index >= 15 is 0 Å². The molecule has 100 valence electrons. The molecule has 8 nitrogen and oxygen atoms in total. The van der Waals surface area contributed by atoms with Crippen molar-refractivity contribution in [3.8, 4) is 0 Å². The third-order valence-corrected chi connectivity index (χ3v) is 2.75. The van der Waals surface area contributed by atoms with Crippen molar-refractivity contribution in [2.75, 3.05) is 17.4 Å². The molecule has 2 rings (SSSR count). The van der Waals surface area contributed by atoms with Crippen molar-refractivity contribution in [1.29, 1.82) is 0 Å². The molecule has 0 radical (unpaired) electrons. The van der Waals surface area contributed by atoms with Gasteiger partial charge in [0.05, 0.1) is 6.61 Å². The van der Waals surface area contributed by atoms with Crippen LogP contribution in [0.1, 0.15) is 0 Å². The Morgan fingerprint density at radius 1 is 1.33 bits per heavy atom. The molecule has 0 bridgehead atoms. The largest absolute Gasteiger partial charge is 0.394 e. The topological polar surface area (TPSA) is 127 Å². The van der Waals surface area contributed by atoms with Gasteiger partial charge in [-0.3, -0.25) is 10.7 Å². The lowest BCUT2D eigenvalue weighted by Gasteiger charge is -2.18. The zero-order chi connectivity index (χ0) is 13.1. The van der Waals surface area contributed by atoms with Gasteiger partial charge in [-0.2, -0.15) is 0 Å². The maximum atomic E-state index is 9.72. The summed E-state index contributed by atoms with van der Waals surface area (Å²) in [5, 5.41) is 39.9. The highest BCUT2D eigenvalue weighted by molar-refractivity contribution is 5.62. The van der Waals surface area contributed by atoms with E-state index in [4.69, 9.17) is 15.1 Å². The fourth-order valence-corrected chi connectivity index (χ4v) is 1.76. The van der Waals surface area contributed by atoms with Crippen molar-refractivity contribution in [1.82, 2.24) is 4.98 Å². The lowest BCUT2D eigenvalue weighted by atomic mass is 10.1. The first-order chi connectivity index (χ1) is 8.67. The van der Waals surface area contributed by atoms with Crippen molar-refractivity contribution >= 4 is 11.5 Å². The highest BCUT2D eigenvalue weighted by atomic mass is 16.6. The predicted molar refractivity (Wildman–Crippen MR) is 61.0 cm³/mol. The van der Waals surface area contributed by atoms with Crippen LogP contribution in [0.4, 0.5) is 11.5 Å². The Morgan fingerprint density at radius 3 is 2.72 bits per heavy atom. The molecule has 0 aromatic carbocycles. The molecule has 0 aliphatic carbocycles. The van der Waals surface area contributed by atoms with Crippen molar-refractivity contribution < 1.29 is 25.3 Å². The van der Waals surface area contributed by atoms with Crippen LogP contribution < -0.4 is 10.8 Å². The molecule has 6 N–H and O–H groups in total. The Balaban J connectivity index is 2.10. The van der Waals surface area contributed by atoms with Gasteiger partial charge in [-0.25, -0.2) is 4.98 Å². The molecule has 0 spiro atoms. The van der Waals surface area contributed by atoms with E-state index in [9.17, 15) is 10.2 Å². The summed E-state index contributed by atoms with van der Waals surface area (Å²) < 4.78 is 5.23. The third kappa shape index (κ3) is 2.37. The van der Waals surface area contributed by atoms with Crippen LogP contribution in [-0.4, -0.2) is 56.7 Å². The number of aliphatic hydroxyl groups excluding tert-OH is 3. The standard InChI is InChI=1S/C10H15N3O5/c14-4-6-7(15)8(16)10(18-6)12-9-5(13-17)2-1-3-11-9/h1-3,6-8,10,13-17H,4H2,(H,11,12)/t6?,7-,8-,10?/m1/s1. The minimum atomic E-state index is -1.20. The first-order valence-corrected chi connectivity index (χ1v) is 5.41. The SMILES string of the molecule is OCC1OC(Nc2ncccc2NO)[C@H](O)[C@@H]1O. The second-order valence-electron chi connectivity index (χ2n) is 3.91. The maximum absolute atomic E-state index is 9.72. The second kappa shape index (κ2) is 5.46. The summed E-state index contributed by atoms with van der Waals surface area (Å²) >= 11 is 0. The average molecular weight is 257 g/mol. The Kier molecular flexibility index (Phi) is 3.94. The molecule has 0 amide bonds. The summed E-state index contributed by atoms with van der Waals surface area (Å²) in [5.41, 5.74) is 2.25. The van der Waals surface area contributed by atoms with E-state index in [1.807, 2.05) is 5.48 Å². The summed E-state index contributed by atoms with van der Waals surface area (Å²) in [6.45, 7) is -0.399. The summed E-state index contributed by atoms with van der Waals surface area (Å²) in [6.07, 6.45) is -2.66. The number of pyridine rings is 1. The van der Waals surface area contributed by atoms with Gasteiger partial charge in [-0.1, -0.05) is 0 Å². The molecule has 1 aliphatic rings. The number of hydrogen-bond acceptors (Lipinski definition) is 8. The third-order valence-electron chi connectivity index (χ3n) is 2.75. The Bertz CT molecular complexity index is 405. The van der Waals surface area contributed by atoms with E-state index in [0.29, 0.717) is 5.69 Å².